The van der Waals surface area contributed by atoms with Gasteiger partial charge in [-0.05, 0) is 23.8 Å². The third-order valence-electron chi connectivity index (χ3n) is 2.37. The molecule has 0 saturated carbocycles. The van der Waals surface area contributed by atoms with Gasteiger partial charge in [0.15, 0.2) is 5.78 Å². The molecule has 0 fully saturated rings. The van der Waals surface area contributed by atoms with Crippen LogP contribution in [0.1, 0.15) is 15.9 Å². The monoisotopic (exact) mass is 378 g/mol. The Labute approximate surface area is 133 Å². The zero-order valence-electron chi connectivity index (χ0n) is 9.66. The highest BCUT2D eigenvalue weighted by Crippen LogP contribution is 2.31. The van der Waals surface area contributed by atoms with Gasteiger partial charge in [-0.25, -0.2) is 0 Å². The molecule has 6 heteroatoms. The Balaban J connectivity index is 1.87. The molecule has 0 unspecified atom stereocenters. The van der Waals surface area contributed by atoms with Crippen molar-refractivity contribution in [3.05, 3.63) is 54.6 Å². The number of hydrogen-bond acceptors (Lipinski definition) is 3. The van der Waals surface area contributed by atoms with Crippen LogP contribution in [0.2, 0.25) is 8.67 Å². The van der Waals surface area contributed by atoms with Gasteiger partial charge in [0.25, 0.3) is 0 Å². The van der Waals surface area contributed by atoms with Crippen LogP contribution in [0.25, 0.3) is 0 Å². The number of Topliss-reactive ketones (excluding diaryl/α,β-unsaturated/α-hetero) is 1. The van der Waals surface area contributed by atoms with E-state index in [1.807, 2.05) is 24.3 Å². The van der Waals surface area contributed by atoms with Gasteiger partial charge in [0.05, 0.1) is 16.5 Å². The minimum Gasteiger partial charge on any atom is -0.369 e. The van der Waals surface area contributed by atoms with Crippen molar-refractivity contribution in [2.24, 2.45) is 0 Å². The maximum Gasteiger partial charge on any atom is 0.190 e. The predicted molar refractivity (Wildman–Crippen MR) is 82.5 cm³/mol. The molecule has 1 heterocycles. The summed E-state index contributed by atoms with van der Waals surface area (Å²) in [7, 11) is 0. The lowest BCUT2D eigenvalue weighted by Crippen LogP contribution is -2.08. The van der Waals surface area contributed by atoms with E-state index in [2.05, 4.69) is 15.9 Å². The molecular formula is C13H9BrCl2O2S. The quantitative estimate of drug-likeness (QED) is 0.666. The zero-order chi connectivity index (χ0) is 13.8. The fourth-order valence-electron chi connectivity index (χ4n) is 1.45. The van der Waals surface area contributed by atoms with Gasteiger partial charge >= 0.3 is 0 Å². The van der Waals surface area contributed by atoms with E-state index in [0.29, 0.717) is 20.8 Å². The number of carbonyl (C=O) groups is 1. The van der Waals surface area contributed by atoms with Gasteiger partial charge in [0.1, 0.15) is 10.9 Å². The standard InChI is InChI=1S/C13H9BrCl2O2S/c14-9-3-1-8(2-4-9)6-18-7-11(17)10-5-12(15)19-13(10)16/h1-5H,6-7H2. The lowest BCUT2D eigenvalue weighted by molar-refractivity contribution is 0.0727. The number of hydrogen-bond donors (Lipinski definition) is 0. The summed E-state index contributed by atoms with van der Waals surface area (Å²) in [5, 5.41) is 0. The van der Waals surface area contributed by atoms with Gasteiger partial charge in [-0.2, -0.15) is 0 Å². The minimum absolute atomic E-state index is 0.0111. The highest BCUT2D eigenvalue weighted by molar-refractivity contribution is 9.10. The molecule has 0 aliphatic rings. The van der Waals surface area contributed by atoms with Crippen LogP contribution in [0.4, 0.5) is 0 Å². The molecule has 0 saturated heterocycles. The maximum atomic E-state index is 11.9. The van der Waals surface area contributed by atoms with E-state index >= 15 is 0 Å². The summed E-state index contributed by atoms with van der Waals surface area (Å²) in [5.74, 6) is -0.162. The van der Waals surface area contributed by atoms with Crippen LogP contribution in [0, 0.1) is 0 Å². The first kappa shape index (κ1) is 15.0. The van der Waals surface area contributed by atoms with Crippen LogP contribution in [0.5, 0.6) is 0 Å². The summed E-state index contributed by atoms with van der Waals surface area (Å²) in [4.78, 5) is 11.9. The first-order valence-electron chi connectivity index (χ1n) is 5.36. The molecule has 0 amide bonds. The third kappa shape index (κ3) is 4.29. The molecule has 0 bridgehead atoms. The molecule has 0 spiro atoms. The van der Waals surface area contributed by atoms with Crippen LogP contribution in [-0.2, 0) is 11.3 Å². The van der Waals surface area contributed by atoms with Gasteiger partial charge in [0, 0.05) is 4.47 Å². The molecule has 19 heavy (non-hydrogen) atoms. The fraction of sp³-hybridized carbons (Fsp3) is 0.154. The summed E-state index contributed by atoms with van der Waals surface area (Å²) >= 11 is 16.2. The molecule has 0 aliphatic heterocycles. The lowest BCUT2D eigenvalue weighted by atomic mass is 10.2. The highest BCUT2D eigenvalue weighted by Gasteiger charge is 2.14. The first-order valence-corrected chi connectivity index (χ1v) is 7.73. The number of ether oxygens (including phenoxy) is 1. The van der Waals surface area contributed by atoms with E-state index < -0.39 is 0 Å². The number of benzene rings is 1. The fourth-order valence-corrected chi connectivity index (χ4v) is 3.21. The lowest BCUT2D eigenvalue weighted by Gasteiger charge is -2.03. The van der Waals surface area contributed by atoms with Crippen LogP contribution in [0.15, 0.2) is 34.8 Å². The smallest absolute Gasteiger partial charge is 0.190 e. The van der Waals surface area contributed by atoms with Crippen molar-refractivity contribution in [1.29, 1.82) is 0 Å². The van der Waals surface area contributed by atoms with Crippen molar-refractivity contribution in [3.63, 3.8) is 0 Å². The van der Waals surface area contributed by atoms with Crippen LogP contribution >= 0.6 is 50.5 Å². The van der Waals surface area contributed by atoms with Crippen LogP contribution < -0.4 is 0 Å². The zero-order valence-corrected chi connectivity index (χ0v) is 13.6. The van der Waals surface area contributed by atoms with E-state index in [1.54, 1.807) is 6.07 Å². The molecule has 1 aromatic carbocycles. The van der Waals surface area contributed by atoms with E-state index in [0.717, 1.165) is 10.0 Å². The number of carbonyl (C=O) groups excluding carboxylic acids is 1. The molecule has 0 aliphatic carbocycles. The molecule has 0 radical (unpaired) electrons. The summed E-state index contributed by atoms with van der Waals surface area (Å²) in [5.41, 5.74) is 1.43. The third-order valence-corrected chi connectivity index (χ3v) is 4.39. The van der Waals surface area contributed by atoms with Gasteiger partial charge in [-0.3, -0.25) is 4.79 Å². The molecule has 2 nitrogen and oxygen atoms in total. The second-order valence-electron chi connectivity index (χ2n) is 3.78. The Morgan fingerprint density at radius 1 is 1.26 bits per heavy atom. The summed E-state index contributed by atoms with van der Waals surface area (Å²) in [6.45, 7) is 0.372. The minimum atomic E-state index is -0.162. The van der Waals surface area contributed by atoms with Crippen LogP contribution in [-0.4, -0.2) is 12.4 Å². The maximum absolute atomic E-state index is 11.9. The van der Waals surface area contributed by atoms with E-state index in [-0.39, 0.29) is 12.4 Å². The topological polar surface area (TPSA) is 26.3 Å². The van der Waals surface area contributed by atoms with E-state index in [1.165, 1.54) is 11.3 Å². The van der Waals surface area contributed by atoms with Crippen molar-refractivity contribution in [2.75, 3.05) is 6.61 Å². The number of thiophene rings is 1. The van der Waals surface area contributed by atoms with Gasteiger partial charge in [-0.15, -0.1) is 11.3 Å². The molecule has 2 rings (SSSR count). The van der Waals surface area contributed by atoms with E-state index in [4.69, 9.17) is 27.9 Å². The summed E-state index contributed by atoms with van der Waals surface area (Å²) in [6.07, 6.45) is 0. The molecule has 0 atom stereocenters. The summed E-state index contributed by atoms with van der Waals surface area (Å²) in [6, 6.07) is 9.29. The highest BCUT2D eigenvalue weighted by atomic mass is 79.9. The predicted octanol–water partition coefficient (Wildman–Crippen LogP) is 5.22. The molecule has 1 aromatic heterocycles. The Morgan fingerprint density at radius 3 is 2.53 bits per heavy atom. The Bertz CT molecular complexity index is 581. The second kappa shape index (κ2) is 6.86. The Kier molecular flexibility index (Phi) is 5.42. The number of ketones is 1. The normalized spacial score (nSPS) is 10.7. The van der Waals surface area contributed by atoms with Crippen molar-refractivity contribution in [3.8, 4) is 0 Å². The van der Waals surface area contributed by atoms with Crippen molar-refractivity contribution in [1.82, 2.24) is 0 Å². The van der Waals surface area contributed by atoms with Crippen LogP contribution in [0.3, 0.4) is 0 Å². The molecule has 100 valence electrons. The van der Waals surface area contributed by atoms with Crippen molar-refractivity contribution in [2.45, 2.75) is 6.61 Å². The molecule has 0 N–H and O–H groups in total. The van der Waals surface area contributed by atoms with Crippen molar-refractivity contribution >= 4 is 56.3 Å². The SMILES string of the molecule is O=C(COCc1ccc(Br)cc1)c1cc(Cl)sc1Cl. The average molecular weight is 380 g/mol. The summed E-state index contributed by atoms with van der Waals surface area (Å²) < 4.78 is 7.29. The first-order chi connectivity index (χ1) is 9.06. The Morgan fingerprint density at radius 2 is 1.95 bits per heavy atom. The average Bonchev–Trinajstić information content (AvgIpc) is 2.71. The molecule has 2 aromatic rings. The van der Waals surface area contributed by atoms with Gasteiger partial charge < -0.3 is 4.74 Å². The number of halogens is 3. The molecular weight excluding hydrogens is 371 g/mol. The largest absolute Gasteiger partial charge is 0.369 e. The Hall–Kier alpha value is -0.390. The second-order valence-corrected chi connectivity index (χ2v) is 6.98. The number of rotatable bonds is 5. The van der Waals surface area contributed by atoms with E-state index in [9.17, 15) is 4.79 Å². The van der Waals surface area contributed by atoms with Crippen molar-refractivity contribution < 1.29 is 9.53 Å². The van der Waals surface area contributed by atoms with Gasteiger partial charge in [0.2, 0.25) is 0 Å². The van der Waals surface area contributed by atoms with Gasteiger partial charge in [-0.1, -0.05) is 51.3 Å².